The van der Waals surface area contributed by atoms with Crippen molar-refractivity contribution in [3.63, 3.8) is 0 Å². The fraction of sp³-hybridized carbons (Fsp3) is 1.00. The van der Waals surface area contributed by atoms with Gasteiger partial charge in [-0.25, -0.2) is 0 Å². The van der Waals surface area contributed by atoms with E-state index in [4.69, 9.17) is 0 Å². The molecule has 0 heteroatoms. The van der Waals surface area contributed by atoms with Crippen LogP contribution in [0.1, 0.15) is 73.6 Å². The van der Waals surface area contributed by atoms with Crippen molar-refractivity contribution in [3.8, 4) is 0 Å². The van der Waals surface area contributed by atoms with Crippen molar-refractivity contribution in [1.82, 2.24) is 0 Å². The molecule has 0 radical (unpaired) electrons. The Morgan fingerprint density at radius 3 is 1.71 bits per heavy atom. The quantitative estimate of drug-likeness (QED) is 0.522. The second kappa shape index (κ2) is 6.48. The van der Waals surface area contributed by atoms with E-state index in [0.717, 1.165) is 11.8 Å². The van der Waals surface area contributed by atoms with E-state index >= 15 is 0 Å². The third kappa shape index (κ3) is 3.63. The standard InChI is InChI=1S/C14H30/c1-7-10-13(6)14(8-2,9-3)11-12(4)5/h12-13H,7-11H2,1-6H3. The fourth-order valence-corrected chi connectivity index (χ4v) is 2.99. The summed E-state index contributed by atoms with van der Waals surface area (Å²) in [7, 11) is 0. The van der Waals surface area contributed by atoms with E-state index in [1.54, 1.807) is 0 Å². The average Bonchev–Trinajstić information content (AvgIpc) is 2.14. The number of hydrogen-bond donors (Lipinski definition) is 0. The molecule has 0 saturated heterocycles. The summed E-state index contributed by atoms with van der Waals surface area (Å²) in [6, 6.07) is 0. The first-order valence-electron chi connectivity index (χ1n) is 6.52. The molecule has 0 heterocycles. The second-order valence-electron chi connectivity index (χ2n) is 5.36. The molecule has 0 aromatic rings. The van der Waals surface area contributed by atoms with E-state index in [1.807, 2.05) is 0 Å². The molecular formula is C14H30. The van der Waals surface area contributed by atoms with E-state index in [2.05, 4.69) is 41.5 Å². The van der Waals surface area contributed by atoms with Gasteiger partial charge in [0.2, 0.25) is 0 Å². The molecule has 0 fully saturated rings. The maximum atomic E-state index is 2.46. The van der Waals surface area contributed by atoms with Gasteiger partial charge >= 0.3 is 0 Å². The number of hydrogen-bond acceptors (Lipinski definition) is 0. The first kappa shape index (κ1) is 14.0. The predicted molar refractivity (Wildman–Crippen MR) is 66.5 cm³/mol. The van der Waals surface area contributed by atoms with Crippen LogP contribution in [0.4, 0.5) is 0 Å². The van der Waals surface area contributed by atoms with E-state index in [1.165, 1.54) is 32.1 Å². The van der Waals surface area contributed by atoms with Gasteiger partial charge in [-0.3, -0.25) is 0 Å². The van der Waals surface area contributed by atoms with Crippen LogP contribution >= 0.6 is 0 Å². The average molecular weight is 198 g/mol. The lowest BCUT2D eigenvalue weighted by atomic mass is 9.66. The van der Waals surface area contributed by atoms with E-state index in [-0.39, 0.29) is 0 Å². The smallest absolute Gasteiger partial charge is 0.0275 e. The molecule has 0 amide bonds. The van der Waals surface area contributed by atoms with Crippen molar-refractivity contribution in [2.45, 2.75) is 73.6 Å². The highest BCUT2D eigenvalue weighted by Crippen LogP contribution is 2.43. The van der Waals surface area contributed by atoms with Gasteiger partial charge in [-0.2, -0.15) is 0 Å². The molecule has 0 nitrogen and oxygen atoms in total. The van der Waals surface area contributed by atoms with Gasteiger partial charge in [-0.05, 0) is 23.7 Å². The van der Waals surface area contributed by atoms with E-state index < -0.39 is 0 Å². The van der Waals surface area contributed by atoms with Crippen LogP contribution in [0.3, 0.4) is 0 Å². The molecule has 1 unspecified atom stereocenters. The summed E-state index contributed by atoms with van der Waals surface area (Å²) in [4.78, 5) is 0. The molecule has 0 aliphatic rings. The summed E-state index contributed by atoms with van der Waals surface area (Å²) in [5, 5.41) is 0. The van der Waals surface area contributed by atoms with Crippen molar-refractivity contribution in [2.75, 3.05) is 0 Å². The van der Waals surface area contributed by atoms with Crippen molar-refractivity contribution >= 4 is 0 Å². The van der Waals surface area contributed by atoms with Gasteiger partial charge in [0.25, 0.3) is 0 Å². The Bertz CT molecular complexity index is 131. The SMILES string of the molecule is CCCC(C)C(CC)(CC)CC(C)C. The fourth-order valence-electron chi connectivity index (χ4n) is 2.99. The molecule has 0 spiro atoms. The highest BCUT2D eigenvalue weighted by molar-refractivity contribution is 4.82. The first-order valence-corrected chi connectivity index (χ1v) is 6.52. The Kier molecular flexibility index (Phi) is 6.48. The Labute approximate surface area is 91.5 Å². The Morgan fingerprint density at radius 1 is 0.929 bits per heavy atom. The minimum atomic E-state index is 0.615. The van der Waals surface area contributed by atoms with Gasteiger partial charge in [-0.1, -0.05) is 67.2 Å². The molecule has 0 bridgehead atoms. The van der Waals surface area contributed by atoms with Crippen LogP contribution in [0.5, 0.6) is 0 Å². The van der Waals surface area contributed by atoms with Crippen LogP contribution in [-0.4, -0.2) is 0 Å². The predicted octanol–water partition coefficient (Wildman–Crippen LogP) is 5.28. The van der Waals surface area contributed by atoms with Gasteiger partial charge in [-0.15, -0.1) is 0 Å². The van der Waals surface area contributed by atoms with Crippen LogP contribution in [0, 0.1) is 17.3 Å². The van der Waals surface area contributed by atoms with Crippen LogP contribution in [0.15, 0.2) is 0 Å². The molecule has 14 heavy (non-hydrogen) atoms. The maximum absolute atomic E-state index is 2.46. The Balaban J connectivity index is 4.49. The van der Waals surface area contributed by atoms with Crippen molar-refractivity contribution in [3.05, 3.63) is 0 Å². The molecule has 1 atom stereocenters. The third-order valence-electron chi connectivity index (χ3n) is 3.99. The molecule has 86 valence electrons. The zero-order valence-corrected chi connectivity index (χ0v) is 11.2. The Hall–Kier alpha value is 0. The number of rotatable bonds is 7. The van der Waals surface area contributed by atoms with Crippen LogP contribution in [0.2, 0.25) is 0 Å². The van der Waals surface area contributed by atoms with Crippen LogP contribution in [-0.2, 0) is 0 Å². The third-order valence-corrected chi connectivity index (χ3v) is 3.99. The maximum Gasteiger partial charge on any atom is -0.0275 e. The van der Waals surface area contributed by atoms with Gasteiger partial charge < -0.3 is 0 Å². The highest BCUT2D eigenvalue weighted by atomic mass is 14.4. The van der Waals surface area contributed by atoms with Crippen LogP contribution in [0.25, 0.3) is 0 Å². The Morgan fingerprint density at radius 2 is 1.43 bits per heavy atom. The largest absolute Gasteiger partial charge is 0.0654 e. The zero-order chi connectivity index (χ0) is 11.2. The lowest BCUT2D eigenvalue weighted by Gasteiger charge is -2.39. The topological polar surface area (TPSA) is 0 Å². The monoisotopic (exact) mass is 198 g/mol. The lowest BCUT2D eigenvalue weighted by Crippen LogP contribution is -2.29. The summed E-state index contributed by atoms with van der Waals surface area (Å²) < 4.78 is 0. The van der Waals surface area contributed by atoms with E-state index in [9.17, 15) is 0 Å². The van der Waals surface area contributed by atoms with Gasteiger partial charge in [0.05, 0.1) is 0 Å². The van der Waals surface area contributed by atoms with Crippen molar-refractivity contribution in [2.24, 2.45) is 17.3 Å². The summed E-state index contributed by atoms with van der Waals surface area (Å²) in [6.45, 7) is 14.2. The first-order chi connectivity index (χ1) is 6.52. The minimum Gasteiger partial charge on any atom is -0.0654 e. The molecule has 0 N–H and O–H groups in total. The molecule has 0 aliphatic heterocycles. The van der Waals surface area contributed by atoms with Crippen LogP contribution < -0.4 is 0 Å². The zero-order valence-electron chi connectivity index (χ0n) is 11.2. The summed E-state index contributed by atoms with van der Waals surface area (Å²) in [6.07, 6.45) is 6.84. The summed E-state index contributed by atoms with van der Waals surface area (Å²) in [5.74, 6) is 1.74. The molecule has 0 saturated carbocycles. The minimum absolute atomic E-state index is 0.615. The summed E-state index contributed by atoms with van der Waals surface area (Å²) in [5.41, 5.74) is 0.615. The summed E-state index contributed by atoms with van der Waals surface area (Å²) >= 11 is 0. The van der Waals surface area contributed by atoms with Crippen molar-refractivity contribution in [1.29, 1.82) is 0 Å². The molecule has 0 aromatic heterocycles. The molecule has 0 aliphatic carbocycles. The molecule has 0 rings (SSSR count). The van der Waals surface area contributed by atoms with Gasteiger partial charge in [0.1, 0.15) is 0 Å². The second-order valence-corrected chi connectivity index (χ2v) is 5.36. The molecular weight excluding hydrogens is 168 g/mol. The van der Waals surface area contributed by atoms with Gasteiger partial charge in [0, 0.05) is 0 Å². The normalized spacial score (nSPS) is 14.8. The van der Waals surface area contributed by atoms with Gasteiger partial charge in [0.15, 0.2) is 0 Å². The highest BCUT2D eigenvalue weighted by Gasteiger charge is 2.32. The van der Waals surface area contributed by atoms with E-state index in [0.29, 0.717) is 5.41 Å². The lowest BCUT2D eigenvalue weighted by molar-refractivity contribution is 0.112. The molecule has 0 aromatic carbocycles. The van der Waals surface area contributed by atoms with Crippen molar-refractivity contribution < 1.29 is 0 Å².